The number of nitrogens with zero attached hydrogens (tertiary/aromatic N) is 2. The number of amides is 1. The van der Waals surface area contributed by atoms with Gasteiger partial charge in [-0.15, -0.1) is 0 Å². The third-order valence-electron chi connectivity index (χ3n) is 7.50. The number of ketones is 2. The van der Waals surface area contributed by atoms with Crippen LogP contribution in [0.1, 0.15) is 17.5 Å². The van der Waals surface area contributed by atoms with Gasteiger partial charge in [-0.1, -0.05) is 0 Å². The molecule has 192 valence electrons. The number of primary amides is 1. The Bertz CT molecular complexity index is 1420. The predicted molar refractivity (Wildman–Crippen MR) is 132 cm³/mol. The lowest BCUT2D eigenvalue weighted by Crippen LogP contribution is -2.65. The number of likely N-dealkylation sites (N-methyl/N-ethyl adjacent to an activating group) is 1. The fourth-order valence-corrected chi connectivity index (χ4v) is 5.95. The Kier molecular flexibility index (Phi) is 5.57. The number of aliphatic hydroxyl groups excluding tert-OH is 2. The number of rotatable bonds is 4. The van der Waals surface area contributed by atoms with E-state index in [1.807, 2.05) is 0 Å². The molecule has 1 fully saturated rings. The van der Waals surface area contributed by atoms with Crippen LogP contribution in [0.2, 0.25) is 0 Å². The minimum Gasteiger partial charge on any atom is -0.508 e. The smallest absolute Gasteiger partial charge is 0.255 e. The fraction of sp³-hybridized carbons (Fsp3) is 0.308. The largest absolute Gasteiger partial charge is 0.508 e. The van der Waals surface area contributed by atoms with Crippen molar-refractivity contribution in [2.45, 2.75) is 24.5 Å². The first-order chi connectivity index (χ1) is 17.5. The highest BCUT2D eigenvalue weighted by atomic mass is 16.3. The summed E-state index contributed by atoms with van der Waals surface area (Å²) in [6, 6.07) is 5.50. The predicted octanol–water partition coefficient (Wildman–Crippen LogP) is 1.10. The van der Waals surface area contributed by atoms with Crippen molar-refractivity contribution in [3.05, 3.63) is 64.7 Å². The molecule has 0 unspecified atom stereocenters. The third kappa shape index (κ3) is 3.50. The molecule has 1 aromatic heterocycles. The van der Waals surface area contributed by atoms with Crippen molar-refractivity contribution in [2.24, 2.45) is 17.6 Å². The zero-order valence-corrected chi connectivity index (χ0v) is 20.1. The number of Topliss-reactive ketones (excluding diaryl/α,β-unsaturated/α-hetero) is 2. The summed E-state index contributed by atoms with van der Waals surface area (Å²) in [5, 5.41) is 47.5. The quantitative estimate of drug-likeness (QED) is 0.328. The third-order valence-corrected chi connectivity index (χ3v) is 7.50. The zero-order chi connectivity index (χ0) is 26.8. The van der Waals surface area contributed by atoms with Crippen LogP contribution in [0.25, 0.3) is 5.76 Å². The molecule has 0 radical (unpaired) electrons. The van der Waals surface area contributed by atoms with Crippen LogP contribution in [0.4, 0.5) is 11.4 Å². The Hall–Kier alpha value is -4.22. The van der Waals surface area contributed by atoms with Crippen molar-refractivity contribution in [3.63, 3.8) is 0 Å². The van der Waals surface area contributed by atoms with Crippen LogP contribution in [0.3, 0.4) is 0 Å². The number of carbonyl (C=O) groups is 3. The summed E-state index contributed by atoms with van der Waals surface area (Å²) >= 11 is 0. The Morgan fingerprint density at radius 3 is 2.43 bits per heavy atom. The number of hydrogen-bond donors (Lipinski definition) is 6. The van der Waals surface area contributed by atoms with E-state index in [1.54, 1.807) is 44.7 Å². The number of aliphatic hydroxyl groups is 3. The normalized spacial score (nSPS) is 27.1. The second-order valence-electron chi connectivity index (χ2n) is 9.85. The zero-order valence-electron chi connectivity index (χ0n) is 20.1. The van der Waals surface area contributed by atoms with Gasteiger partial charge in [-0.3, -0.25) is 24.3 Å². The van der Waals surface area contributed by atoms with Crippen molar-refractivity contribution >= 4 is 34.6 Å². The summed E-state index contributed by atoms with van der Waals surface area (Å²) in [6.07, 6.45) is 3.47. The molecule has 11 heteroatoms. The van der Waals surface area contributed by atoms with E-state index in [0.29, 0.717) is 11.3 Å². The van der Waals surface area contributed by atoms with Gasteiger partial charge in [-0.05, 0) is 56.6 Å². The molecule has 0 saturated heterocycles. The van der Waals surface area contributed by atoms with E-state index < -0.39 is 58.0 Å². The van der Waals surface area contributed by atoms with E-state index in [-0.39, 0.29) is 29.7 Å². The van der Waals surface area contributed by atoms with E-state index in [0.717, 1.165) is 5.69 Å². The highest BCUT2D eigenvalue weighted by Gasteiger charge is 2.64. The van der Waals surface area contributed by atoms with E-state index in [1.165, 1.54) is 11.0 Å². The second kappa shape index (κ2) is 8.43. The lowest BCUT2D eigenvalue weighted by Gasteiger charge is -2.50. The first kappa shape index (κ1) is 24.5. The molecule has 0 bridgehead atoms. The number of phenols is 1. The van der Waals surface area contributed by atoms with Crippen molar-refractivity contribution in [3.8, 4) is 5.75 Å². The first-order valence-electron chi connectivity index (χ1n) is 11.6. The van der Waals surface area contributed by atoms with Crippen LogP contribution in [-0.2, 0) is 20.8 Å². The fourth-order valence-electron chi connectivity index (χ4n) is 5.95. The Balaban J connectivity index is 1.64. The number of hydrogen-bond acceptors (Lipinski definition) is 10. The van der Waals surface area contributed by atoms with E-state index in [4.69, 9.17) is 5.73 Å². The van der Waals surface area contributed by atoms with E-state index in [2.05, 4.69) is 10.3 Å². The topological polar surface area (TPSA) is 186 Å². The first-order valence-corrected chi connectivity index (χ1v) is 11.6. The maximum absolute atomic E-state index is 13.8. The summed E-state index contributed by atoms with van der Waals surface area (Å²) in [4.78, 5) is 44.3. The summed E-state index contributed by atoms with van der Waals surface area (Å²) in [6.45, 7) is 0. The van der Waals surface area contributed by atoms with Crippen LogP contribution in [0, 0.1) is 11.8 Å². The summed E-state index contributed by atoms with van der Waals surface area (Å²) < 4.78 is 0. The molecule has 1 heterocycles. The molecule has 3 aliphatic rings. The summed E-state index contributed by atoms with van der Waals surface area (Å²) in [5.74, 6) is -6.75. The van der Waals surface area contributed by atoms with Crippen molar-refractivity contribution in [2.75, 3.05) is 19.4 Å². The van der Waals surface area contributed by atoms with Crippen LogP contribution in [0.15, 0.2) is 53.6 Å². The number of phenolic OH excluding ortho intramolecular Hbond substituents is 1. The molecule has 0 spiro atoms. The molecule has 1 amide bonds. The standard InChI is InChI=1S/C26H26N4O7/c1-30(2)20-15-9-12-7-11-8-14(29-13-3-5-28-6-4-13)10-16(31)17(11)21(32)18(12)23(34)26(15,37)24(35)19(22(20)33)25(27)36/h3-6,8,10,12,15,20,31-32,35,37H,7,9H2,1-2H3,(H2,27,36)(H,28,29)/t12-,15-,20-,26-/m0/s1. The Morgan fingerprint density at radius 2 is 1.81 bits per heavy atom. The van der Waals surface area contributed by atoms with Crippen molar-refractivity contribution in [1.82, 2.24) is 9.88 Å². The number of benzene rings is 1. The minimum atomic E-state index is -2.65. The molecule has 11 nitrogen and oxygen atoms in total. The monoisotopic (exact) mass is 506 g/mol. The Labute approximate surface area is 211 Å². The molecule has 5 rings (SSSR count). The molecule has 1 aromatic carbocycles. The molecule has 3 aliphatic carbocycles. The number of pyridine rings is 1. The summed E-state index contributed by atoms with van der Waals surface area (Å²) in [7, 11) is 3.12. The van der Waals surface area contributed by atoms with Gasteiger partial charge in [0.1, 0.15) is 22.8 Å². The van der Waals surface area contributed by atoms with Crippen LogP contribution < -0.4 is 11.1 Å². The van der Waals surface area contributed by atoms with Crippen LogP contribution >= 0.6 is 0 Å². The van der Waals surface area contributed by atoms with Crippen molar-refractivity contribution < 1.29 is 34.8 Å². The van der Waals surface area contributed by atoms with Gasteiger partial charge in [-0.2, -0.15) is 0 Å². The van der Waals surface area contributed by atoms with Crippen LogP contribution in [0.5, 0.6) is 5.75 Å². The number of fused-ring (bicyclic) bond motifs is 3. The second-order valence-corrected chi connectivity index (χ2v) is 9.85. The number of carbonyl (C=O) groups excluding carboxylic acids is 3. The minimum absolute atomic E-state index is 0.0362. The number of aromatic nitrogens is 1. The van der Waals surface area contributed by atoms with Gasteiger partial charge in [0.2, 0.25) is 5.78 Å². The maximum Gasteiger partial charge on any atom is 0.255 e. The van der Waals surface area contributed by atoms with Gasteiger partial charge in [0.05, 0.1) is 11.6 Å². The summed E-state index contributed by atoms with van der Waals surface area (Å²) in [5.41, 5.74) is 3.52. The van der Waals surface area contributed by atoms with Gasteiger partial charge in [0.15, 0.2) is 11.4 Å². The molecule has 1 saturated carbocycles. The van der Waals surface area contributed by atoms with Gasteiger partial charge in [-0.25, -0.2) is 0 Å². The molecule has 4 atom stereocenters. The van der Waals surface area contributed by atoms with Gasteiger partial charge < -0.3 is 31.5 Å². The number of nitrogens with two attached hydrogens (primary N) is 1. The molecule has 37 heavy (non-hydrogen) atoms. The highest BCUT2D eigenvalue weighted by molar-refractivity contribution is 6.24. The van der Waals surface area contributed by atoms with Gasteiger partial charge in [0, 0.05) is 41.3 Å². The molecule has 2 aromatic rings. The average molecular weight is 507 g/mol. The average Bonchev–Trinajstić information content (AvgIpc) is 2.81. The number of anilines is 2. The maximum atomic E-state index is 13.8. The SMILES string of the molecule is CN(C)[C@@H]1C(=O)C(C(N)=O)=C(O)[C@@]2(O)C(=O)C3=C(O)c4c(O)cc(Nc5ccncc5)cc4C[C@H]3C[C@@H]12. The van der Waals surface area contributed by atoms with Crippen LogP contribution in [-0.4, -0.2) is 73.5 Å². The molecular weight excluding hydrogens is 480 g/mol. The molecule has 0 aliphatic heterocycles. The van der Waals surface area contributed by atoms with Gasteiger partial charge in [0.25, 0.3) is 5.91 Å². The lowest BCUT2D eigenvalue weighted by atomic mass is 9.57. The van der Waals surface area contributed by atoms with Gasteiger partial charge >= 0.3 is 0 Å². The van der Waals surface area contributed by atoms with E-state index >= 15 is 0 Å². The lowest BCUT2D eigenvalue weighted by molar-refractivity contribution is -0.153. The number of aromatic hydroxyl groups is 1. The molecule has 7 N–H and O–H groups in total. The number of nitrogens with one attached hydrogen (secondary N) is 1. The molecular formula is C26H26N4O7. The highest BCUT2D eigenvalue weighted by Crippen LogP contribution is 2.52. The van der Waals surface area contributed by atoms with Crippen molar-refractivity contribution in [1.29, 1.82) is 0 Å². The van der Waals surface area contributed by atoms with E-state index in [9.17, 15) is 34.8 Å². The Morgan fingerprint density at radius 1 is 1.14 bits per heavy atom.